The van der Waals surface area contributed by atoms with Gasteiger partial charge in [-0.2, -0.15) is 4.98 Å². The minimum atomic E-state index is -0.462. The predicted molar refractivity (Wildman–Crippen MR) is 110 cm³/mol. The summed E-state index contributed by atoms with van der Waals surface area (Å²) in [6, 6.07) is 7.26. The van der Waals surface area contributed by atoms with Gasteiger partial charge in [-0.05, 0) is 37.1 Å². The van der Waals surface area contributed by atoms with Crippen molar-refractivity contribution in [3.8, 4) is 0 Å². The summed E-state index contributed by atoms with van der Waals surface area (Å²) < 4.78 is 7.16. The van der Waals surface area contributed by atoms with E-state index in [0.29, 0.717) is 18.2 Å². The Morgan fingerprint density at radius 1 is 1.34 bits per heavy atom. The van der Waals surface area contributed by atoms with E-state index < -0.39 is 11.5 Å². The summed E-state index contributed by atoms with van der Waals surface area (Å²) in [6.07, 6.45) is 3.59. The normalized spacial score (nSPS) is 20.9. The number of rotatable bonds is 6. The standard InChI is InChI=1S/C21H25ClN4O3/c1-29-10-9-25-7-5-21(14-25)6-8-26-13-17(19(28)24-20(21)26)18(27)23-12-15-3-2-4-16(22)11-15/h2-4,11,13H,5-10,12,14H2,1H3,(H,23,27)/t21-/m0/s1. The van der Waals surface area contributed by atoms with E-state index in [9.17, 15) is 9.59 Å². The predicted octanol–water partition coefficient (Wildman–Crippen LogP) is 1.82. The van der Waals surface area contributed by atoms with E-state index in [2.05, 4.69) is 15.2 Å². The molecule has 2 aliphatic heterocycles. The van der Waals surface area contributed by atoms with Crippen molar-refractivity contribution in [3.63, 3.8) is 0 Å². The summed E-state index contributed by atoms with van der Waals surface area (Å²) in [6.45, 7) is 4.51. The first-order chi connectivity index (χ1) is 14.0. The van der Waals surface area contributed by atoms with Gasteiger partial charge in [0.2, 0.25) is 0 Å². The summed E-state index contributed by atoms with van der Waals surface area (Å²) in [5.41, 5.74) is 0.405. The summed E-state index contributed by atoms with van der Waals surface area (Å²) >= 11 is 5.98. The van der Waals surface area contributed by atoms with E-state index >= 15 is 0 Å². The van der Waals surface area contributed by atoms with E-state index in [-0.39, 0.29) is 11.0 Å². The molecule has 4 rings (SSSR count). The second kappa shape index (κ2) is 8.26. The number of halogens is 1. The molecule has 1 aromatic heterocycles. The van der Waals surface area contributed by atoms with Crippen LogP contribution in [-0.2, 0) is 23.2 Å². The molecule has 1 fully saturated rings. The zero-order valence-corrected chi connectivity index (χ0v) is 17.2. The molecule has 1 N–H and O–H groups in total. The number of aryl methyl sites for hydroxylation is 1. The first kappa shape index (κ1) is 20.1. The Morgan fingerprint density at radius 2 is 2.17 bits per heavy atom. The number of likely N-dealkylation sites (tertiary alicyclic amines) is 1. The molecule has 0 aliphatic carbocycles. The molecule has 7 nitrogen and oxygen atoms in total. The fourth-order valence-corrected chi connectivity index (χ4v) is 4.58. The van der Waals surface area contributed by atoms with Crippen molar-refractivity contribution in [1.29, 1.82) is 0 Å². The maximum absolute atomic E-state index is 12.6. The van der Waals surface area contributed by atoms with Crippen LogP contribution in [0, 0.1) is 0 Å². The maximum Gasteiger partial charge on any atom is 0.285 e. The van der Waals surface area contributed by atoms with Crippen LogP contribution in [0.4, 0.5) is 0 Å². The summed E-state index contributed by atoms with van der Waals surface area (Å²) in [7, 11) is 1.71. The Hall–Kier alpha value is -2.22. The number of fused-ring (bicyclic) bond motifs is 2. The molecule has 154 valence electrons. The lowest BCUT2D eigenvalue weighted by Crippen LogP contribution is -2.35. The Balaban J connectivity index is 1.49. The summed E-state index contributed by atoms with van der Waals surface area (Å²) in [5.74, 6) is 0.403. The topological polar surface area (TPSA) is 76.5 Å². The van der Waals surface area contributed by atoms with Gasteiger partial charge >= 0.3 is 0 Å². The Morgan fingerprint density at radius 3 is 2.97 bits per heavy atom. The van der Waals surface area contributed by atoms with Crippen LogP contribution < -0.4 is 10.9 Å². The van der Waals surface area contributed by atoms with Crippen LogP contribution in [0.1, 0.15) is 34.6 Å². The van der Waals surface area contributed by atoms with Gasteiger partial charge in [-0.1, -0.05) is 23.7 Å². The first-order valence-electron chi connectivity index (χ1n) is 9.87. The number of nitrogens with zero attached hydrogens (tertiary/aromatic N) is 3. The molecule has 2 aromatic rings. The van der Waals surface area contributed by atoms with Crippen LogP contribution in [0.15, 0.2) is 35.3 Å². The molecule has 3 heterocycles. The molecule has 29 heavy (non-hydrogen) atoms. The lowest BCUT2D eigenvalue weighted by Gasteiger charge is -2.23. The molecule has 0 radical (unpaired) electrons. The molecule has 1 amide bonds. The molecular weight excluding hydrogens is 392 g/mol. The third-order valence-corrected chi connectivity index (χ3v) is 6.17. The van der Waals surface area contributed by atoms with E-state index in [1.54, 1.807) is 25.4 Å². The van der Waals surface area contributed by atoms with Crippen molar-refractivity contribution in [2.45, 2.75) is 31.3 Å². The zero-order chi connectivity index (χ0) is 20.4. The van der Waals surface area contributed by atoms with Gasteiger partial charge in [-0.3, -0.25) is 9.59 Å². The summed E-state index contributed by atoms with van der Waals surface area (Å²) in [5, 5.41) is 3.40. The van der Waals surface area contributed by atoms with Crippen LogP contribution in [0.5, 0.6) is 0 Å². The van der Waals surface area contributed by atoms with Crippen molar-refractivity contribution in [2.75, 3.05) is 33.4 Å². The Labute approximate surface area is 174 Å². The monoisotopic (exact) mass is 416 g/mol. The number of aromatic nitrogens is 2. The van der Waals surface area contributed by atoms with Crippen LogP contribution >= 0.6 is 11.6 Å². The van der Waals surface area contributed by atoms with Crippen LogP contribution in [0.2, 0.25) is 5.02 Å². The van der Waals surface area contributed by atoms with Crippen molar-refractivity contribution >= 4 is 17.5 Å². The molecule has 0 unspecified atom stereocenters. The lowest BCUT2D eigenvalue weighted by atomic mass is 9.85. The van der Waals surface area contributed by atoms with Gasteiger partial charge in [0, 0.05) is 49.9 Å². The number of hydrogen-bond acceptors (Lipinski definition) is 5. The largest absolute Gasteiger partial charge is 0.383 e. The number of hydrogen-bond donors (Lipinski definition) is 1. The van der Waals surface area contributed by atoms with Gasteiger partial charge in [0.05, 0.1) is 6.61 Å². The third kappa shape index (κ3) is 4.08. The van der Waals surface area contributed by atoms with Crippen molar-refractivity contribution in [3.05, 3.63) is 62.8 Å². The average Bonchev–Trinajstić information content (AvgIpc) is 3.28. The average molecular weight is 417 g/mol. The molecule has 8 heteroatoms. The van der Waals surface area contributed by atoms with Crippen LogP contribution in [0.25, 0.3) is 0 Å². The second-order valence-corrected chi connectivity index (χ2v) is 8.28. The van der Waals surface area contributed by atoms with Gasteiger partial charge in [-0.25, -0.2) is 0 Å². The highest BCUT2D eigenvalue weighted by molar-refractivity contribution is 6.30. The van der Waals surface area contributed by atoms with E-state index in [4.69, 9.17) is 16.3 Å². The molecule has 2 aliphatic rings. The molecule has 1 aromatic carbocycles. The number of nitrogens with one attached hydrogen (secondary N) is 1. The highest BCUT2D eigenvalue weighted by Crippen LogP contribution is 2.40. The van der Waals surface area contributed by atoms with Gasteiger partial charge in [-0.15, -0.1) is 0 Å². The van der Waals surface area contributed by atoms with E-state index in [1.165, 1.54) is 0 Å². The minimum absolute atomic E-state index is 0.0852. The van der Waals surface area contributed by atoms with E-state index in [0.717, 1.165) is 50.4 Å². The molecule has 1 atom stereocenters. The Kier molecular flexibility index (Phi) is 5.72. The third-order valence-electron chi connectivity index (χ3n) is 5.93. The van der Waals surface area contributed by atoms with Gasteiger partial charge in [0.15, 0.2) is 0 Å². The van der Waals surface area contributed by atoms with Gasteiger partial charge < -0.3 is 19.5 Å². The Bertz CT molecular complexity index is 977. The maximum atomic E-state index is 12.6. The van der Waals surface area contributed by atoms with Crippen LogP contribution in [0.3, 0.4) is 0 Å². The van der Waals surface area contributed by atoms with E-state index in [1.807, 2.05) is 16.7 Å². The van der Waals surface area contributed by atoms with Crippen molar-refractivity contribution in [1.82, 2.24) is 19.8 Å². The number of amides is 1. The molecule has 1 spiro atoms. The number of methoxy groups -OCH3 is 1. The fourth-order valence-electron chi connectivity index (χ4n) is 4.37. The number of ether oxygens (including phenoxy) is 1. The molecule has 1 saturated heterocycles. The van der Waals surface area contributed by atoms with Gasteiger partial charge in [0.1, 0.15) is 11.4 Å². The molecule has 0 saturated carbocycles. The summed E-state index contributed by atoms with van der Waals surface area (Å²) in [4.78, 5) is 31.9. The number of carbonyl (C=O) groups is 1. The molecule has 0 bridgehead atoms. The minimum Gasteiger partial charge on any atom is -0.383 e. The van der Waals surface area contributed by atoms with Crippen molar-refractivity contribution in [2.24, 2.45) is 0 Å². The van der Waals surface area contributed by atoms with Crippen molar-refractivity contribution < 1.29 is 9.53 Å². The highest BCUT2D eigenvalue weighted by Gasteiger charge is 2.46. The molecular formula is C21H25ClN4O3. The first-order valence-corrected chi connectivity index (χ1v) is 10.2. The quantitative estimate of drug-likeness (QED) is 0.777. The zero-order valence-electron chi connectivity index (χ0n) is 16.5. The van der Waals surface area contributed by atoms with Gasteiger partial charge in [0.25, 0.3) is 11.5 Å². The van der Waals surface area contributed by atoms with Crippen LogP contribution in [-0.4, -0.2) is 53.7 Å². The highest BCUT2D eigenvalue weighted by atomic mass is 35.5. The lowest BCUT2D eigenvalue weighted by molar-refractivity contribution is 0.0948. The smallest absolute Gasteiger partial charge is 0.285 e. The number of carbonyl (C=O) groups excluding carboxylic acids is 1. The second-order valence-electron chi connectivity index (χ2n) is 7.84. The number of benzene rings is 1. The fraction of sp³-hybridized carbons (Fsp3) is 0.476. The SMILES string of the molecule is COCCN1CC[C@]2(CCn3cc(C(=O)NCc4cccc(Cl)c4)c(=O)nc32)C1.